The highest BCUT2D eigenvalue weighted by atomic mass is 32.1. The number of aromatic nitrogens is 1. The standard InChI is InChI=1S/C12H17N3O3S/c1-7-4-15(5-10(7)11(16)17)12(18)13-3-9-6-19-8(2)14-9/h6-7,10H,3-5H2,1-2H3,(H,13,18)(H,16,17)/t7-,10-/m1/s1. The molecule has 0 saturated carbocycles. The van der Waals surface area contributed by atoms with E-state index in [0.717, 1.165) is 10.7 Å². The second kappa shape index (κ2) is 5.56. The van der Waals surface area contributed by atoms with E-state index in [0.29, 0.717) is 13.1 Å². The van der Waals surface area contributed by atoms with Gasteiger partial charge >= 0.3 is 12.0 Å². The summed E-state index contributed by atoms with van der Waals surface area (Å²) in [5, 5.41) is 14.7. The Labute approximate surface area is 115 Å². The average Bonchev–Trinajstić information content (AvgIpc) is 2.92. The third-order valence-electron chi connectivity index (χ3n) is 3.30. The lowest BCUT2D eigenvalue weighted by atomic mass is 9.99. The van der Waals surface area contributed by atoms with Crippen LogP contribution in [0.25, 0.3) is 0 Å². The Morgan fingerprint density at radius 2 is 2.32 bits per heavy atom. The van der Waals surface area contributed by atoms with E-state index in [1.54, 1.807) is 4.90 Å². The monoisotopic (exact) mass is 283 g/mol. The molecule has 1 aromatic heterocycles. The number of amides is 2. The Morgan fingerprint density at radius 3 is 2.84 bits per heavy atom. The molecule has 2 amide bonds. The number of nitrogens with zero attached hydrogens (tertiary/aromatic N) is 2. The molecule has 6 nitrogen and oxygen atoms in total. The van der Waals surface area contributed by atoms with Crippen LogP contribution in [-0.2, 0) is 11.3 Å². The minimum Gasteiger partial charge on any atom is -0.481 e. The molecule has 1 fully saturated rings. The summed E-state index contributed by atoms with van der Waals surface area (Å²) in [5.74, 6) is -1.31. The first-order valence-corrected chi connectivity index (χ1v) is 7.02. The lowest BCUT2D eigenvalue weighted by Crippen LogP contribution is -2.38. The maximum atomic E-state index is 11.9. The summed E-state index contributed by atoms with van der Waals surface area (Å²) in [7, 11) is 0. The molecule has 1 aromatic rings. The number of likely N-dealkylation sites (tertiary alicyclic amines) is 1. The largest absolute Gasteiger partial charge is 0.481 e. The van der Waals surface area contributed by atoms with Crippen LogP contribution in [0.3, 0.4) is 0 Å². The zero-order valence-corrected chi connectivity index (χ0v) is 11.7. The van der Waals surface area contributed by atoms with Gasteiger partial charge in [0.2, 0.25) is 0 Å². The molecular formula is C12H17N3O3S. The summed E-state index contributed by atoms with van der Waals surface area (Å²) in [6.07, 6.45) is 0. The fourth-order valence-electron chi connectivity index (χ4n) is 2.22. The molecule has 7 heteroatoms. The van der Waals surface area contributed by atoms with Gasteiger partial charge in [-0.15, -0.1) is 11.3 Å². The zero-order chi connectivity index (χ0) is 14.0. The van der Waals surface area contributed by atoms with Gasteiger partial charge in [-0.3, -0.25) is 4.79 Å². The first-order valence-electron chi connectivity index (χ1n) is 6.14. The molecule has 0 unspecified atom stereocenters. The number of carbonyl (C=O) groups excluding carboxylic acids is 1. The molecule has 104 valence electrons. The number of aryl methyl sites for hydroxylation is 1. The van der Waals surface area contributed by atoms with Gasteiger partial charge in [-0.25, -0.2) is 9.78 Å². The number of thiazole rings is 1. The van der Waals surface area contributed by atoms with Crippen LogP contribution in [0, 0.1) is 18.8 Å². The SMILES string of the molecule is Cc1nc(CNC(=O)N2C[C@@H](C)[C@H](C(=O)O)C2)cs1. The van der Waals surface area contributed by atoms with Crippen LogP contribution in [-0.4, -0.2) is 40.1 Å². The quantitative estimate of drug-likeness (QED) is 0.876. The highest BCUT2D eigenvalue weighted by Crippen LogP contribution is 2.23. The summed E-state index contributed by atoms with van der Waals surface area (Å²) < 4.78 is 0. The average molecular weight is 283 g/mol. The zero-order valence-electron chi connectivity index (χ0n) is 10.9. The van der Waals surface area contributed by atoms with E-state index in [1.165, 1.54) is 11.3 Å². The third kappa shape index (κ3) is 3.23. The number of carbonyl (C=O) groups is 2. The molecule has 1 aliphatic heterocycles. The molecule has 0 bridgehead atoms. The van der Waals surface area contributed by atoms with Crippen molar-refractivity contribution in [2.45, 2.75) is 20.4 Å². The van der Waals surface area contributed by atoms with Crippen molar-refractivity contribution in [3.05, 3.63) is 16.1 Å². The molecule has 0 spiro atoms. The van der Waals surface area contributed by atoms with Crippen LogP contribution in [0.4, 0.5) is 4.79 Å². The molecule has 0 radical (unpaired) electrons. The van der Waals surface area contributed by atoms with Gasteiger partial charge in [-0.2, -0.15) is 0 Å². The maximum Gasteiger partial charge on any atom is 0.317 e. The smallest absolute Gasteiger partial charge is 0.317 e. The molecule has 2 heterocycles. The second-order valence-corrected chi connectivity index (χ2v) is 5.91. The highest BCUT2D eigenvalue weighted by Gasteiger charge is 2.36. The van der Waals surface area contributed by atoms with E-state index in [1.807, 2.05) is 19.2 Å². The number of carboxylic acid groups (broad SMARTS) is 1. The van der Waals surface area contributed by atoms with Gasteiger partial charge in [-0.05, 0) is 12.8 Å². The van der Waals surface area contributed by atoms with Crippen LogP contribution >= 0.6 is 11.3 Å². The first-order chi connectivity index (χ1) is 8.97. The van der Waals surface area contributed by atoms with Gasteiger partial charge in [0.1, 0.15) is 0 Å². The minimum atomic E-state index is -0.835. The second-order valence-electron chi connectivity index (χ2n) is 4.84. The number of hydrogen-bond acceptors (Lipinski definition) is 4. The third-order valence-corrected chi connectivity index (χ3v) is 4.13. The lowest BCUT2D eigenvalue weighted by Gasteiger charge is -2.16. The number of rotatable bonds is 3. The fraction of sp³-hybridized carbons (Fsp3) is 0.583. The molecule has 1 saturated heterocycles. The number of carboxylic acids is 1. The van der Waals surface area contributed by atoms with Gasteiger partial charge < -0.3 is 15.3 Å². The molecule has 19 heavy (non-hydrogen) atoms. The molecule has 2 atom stereocenters. The van der Waals surface area contributed by atoms with Crippen molar-refractivity contribution in [3.8, 4) is 0 Å². The van der Waals surface area contributed by atoms with Crippen molar-refractivity contribution in [2.75, 3.05) is 13.1 Å². The van der Waals surface area contributed by atoms with E-state index in [2.05, 4.69) is 10.3 Å². The molecule has 1 aliphatic rings. The van der Waals surface area contributed by atoms with Crippen LogP contribution in [0.5, 0.6) is 0 Å². The Bertz CT molecular complexity index is 488. The van der Waals surface area contributed by atoms with Gasteiger partial charge in [-0.1, -0.05) is 6.92 Å². The van der Waals surface area contributed by atoms with Crippen LogP contribution < -0.4 is 5.32 Å². The number of nitrogens with one attached hydrogen (secondary N) is 1. The van der Waals surface area contributed by atoms with Crippen molar-refractivity contribution in [1.29, 1.82) is 0 Å². The molecule has 0 aliphatic carbocycles. The Morgan fingerprint density at radius 1 is 1.58 bits per heavy atom. The van der Waals surface area contributed by atoms with Crippen molar-refractivity contribution in [1.82, 2.24) is 15.2 Å². The Hall–Kier alpha value is -1.63. The summed E-state index contributed by atoms with van der Waals surface area (Å²) in [6.45, 7) is 4.91. The normalized spacial score (nSPS) is 22.5. The molecule has 0 aromatic carbocycles. The summed E-state index contributed by atoms with van der Waals surface area (Å²) >= 11 is 1.54. The number of aliphatic carboxylic acids is 1. The molecular weight excluding hydrogens is 266 g/mol. The Kier molecular flexibility index (Phi) is 4.04. The van der Waals surface area contributed by atoms with Crippen molar-refractivity contribution >= 4 is 23.3 Å². The lowest BCUT2D eigenvalue weighted by molar-refractivity contribution is -0.142. The molecule has 2 rings (SSSR count). The van der Waals surface area contributed by atoms with Crippen molar-refractivity contribution in [3.63, 3.8) is 0 Å². The van der Waals surface area contributed by atoms with Crippen LogP contribution in [0.15, 0.2) is 5.38 Å². The number of urea groups is 1. The summed E-state index contributed by atoms with van der Waals surface area (Å²) in [5.41, 5.74) is 0.831. The van der Waals surface area contributed by atoms with E-state index in [9.17, 15) is 9.59 Å². The first kappa shape index (κ1) is 13.8. The maximum absolute atomic E-state index is 11.9. The highest BCUT2D eigenvalue weighted by molar-refractivity contribution is 7.09. The van der Waals surface area contributed by atoms with Crippen LogP contribution in [0.2, 0.25) is 0 Å². The van der Waals surface area contributed by atoms with E-state index in [-0.39, 0.29) is 18.5 Å². The van der Waals surface area contributed by atoms with Gasteiger partial charge in [0, 0.05) is 18.5 Å². The predicted octanol–water partition coefficient (Wildman–Crippen LogP) is 1.31. The van der Waals surface area contributed by atoms with Crippen molar-refractivity contribution < 1.29 is 14.7 Å². The molecule has 2 N–H and O–H groups in total. The summed E-state index contributed by atoms with van der Waals surface area (Å²) in [4.78, 5) is 28.7. The predicted molar refractivity (Wildman–Crippen MR) is 70.9 cm³/mol. The summed E-state index contributed by atoms with van der Waals surface area (Å²) in [6, 6.07) is -0.221. The van der Waals surface area contributed by atoms with E-state index in [4.69, 9.17) is 5.11 Å². The fourth-order valence-corrected chi connectivity index (χ4v) is 2.83. The Balaban J connectivity index is 1.86. The van der Waals surface area contributed by atoms with Gasteiger partial charge in [0.15, 0.2) is 0 Å². The number of hydrogen-bond donors (Lipinski definition) is 2. The van der Waals surface area contributed by atoms with Gasteiger partial charge in [0.05, 0.1) is 23.2 Å². The van der Waals surface area contributed by atoms with Crippen LogP contribution in [0.1, 0.15) is 17.6 Å². The van der Waals surface area contributed by atoms with Gasteiger partial charge in [0.25, 0.3) is 0 Å². The van der Waals surface area contributed by atoms with E-state index < -0.39 is 11.9 Å². The van der Waals surface area contributed by atoms with E-state index >= 15 is 0 Å². The minimum absolute atomic E-state index is 0.00948. The van der Waals surface area contributed by atoms with Crippen molar-refractivity contribution in [2.24, 2.45) is 11.8 Å². The topological polar surface area (TPSA) is 82.5 Å².